The Morgan fingerprint density at radius 3 is 2.33 bits per heavy atom. The summed E-state index contributed by atoms with van der Waals surface area (Å²) in [5.74, 6) is 0.165. The smallest absolute Gasteiger partial charge is 0.264 e. The van der Waals surface area contributed by atoms with Crippen molar-refractivity contribution in [3.8, 4) is 5.75 Å². The van der Waals surface area contributed by atoms with E-state index in [1.807, 2.05) is 13.0 Å². The van der Waals surface area contributed by atoms with Crippen LogP contribution in [0.15, 0.2) is 88.2 Å². The quantitative estimate of drug-likeness (QED) is 0.499. The van der Waals surface area contributed by atoms with Gasteiger partial charge in [0.2, 0.25) is 5.91 Å². The van der Waals surface area contributed by atoms with Crippen LogP contribution in [-0.2, 0) is 14.8 Å². The average molecular weight is 489 g/mol. The number of nitrogens with one attached hydrogen (secondary N) is 1. The molecule has 0 aliphatic rings. The minimum Gasteiger partial charge on any atom is -0.494 e. The molecule has 0 aliphatic heterocycles. The van der Waals surface area contributed by atoms with Gasteiger partial charge in [-0.05, 0) is 61.5 Å². The molecule has 3 aromatic rings. The SMILES string of the molecule is CCOc1ccc(N(CC(=O)Nc2cccc(Br)c2)S(=O)(=O)c2ccccc2)cc1. The van der Waals surface area contributed by atoms with E-state index in [0.717, 1.165) is 8.78 Å². The lowest BCUT2D eigenvalue weighted by Gasteiger charge is -2.24. The van der Waals surface area contributed by atoms with Crippen molar-refractivity contribution in [1.29, 1.82) is 0 Å². The number of benzene rings is 3. The maximum absolute atomic E-state index is 13.3. The largest absolute Gasteiger partial charge is 0.494 e. The number of anilines is 2. The molecule has 0 bridgehead atoms. The van der Waals surface area contributed by atoms with Gasteiger partial charge in [0, 0.05) is 10.2 Å². The molecule has 0 saturated heterocycles. The summed E-state index contributed by atoms with van der Waals surface area (Å²) >= 11 is 3.35. The van der Waals surface area contributed by atoms with Crippen molar-refractivity contribution in [3.63, 3.8) is 0 Å². The van der Waals surface area contributed by atoms with Gasteiger partial charge in [0.05, 0.1) is 17.2 Å². The van der Waals surface area contributed by atoms with Gasteiger partial charge in [0.25, 0.3) is 10.0 Å². The van der Waals surface area contributed by atoms with Crippen LogP contribution in [0.25, 0.3) is 0 Å². The number of halogens is 1. The van der Waals surface area contributed by atoms with Gasteiger partial charge in [-0.3, -0.25) is 9.10 Å². The average Bonchev–Trinajstić information content (AvgIpc) is 2.73. The molecule has 1 N–H and O–H groups in total. The normalized spacial score (nSPS) is 11.0. The third-order valence-corrected chi connectivity index (χ3v) is 6.44. The summed E-state index contributed by atoms with van der Waals surface area (Å²) in [4.78, 5) is 12.8. The Hall–Kier alpha value is -2.84. The predicted octanol–water partition coefficient (Wildman–Crippen LogP) is 4.68. The summed E-state index contributed by atoms with van der Waals surface area (Å²) in [6.07, 6.45) is 0. The van der Waals surface area contributed by atoms with Gasteiger partial charge in [-0.1, -0.05) is 40.2 Å². The molecular formula is C22H21BrN2O4S. The van der Waals surface area contributed by atoms with Crippen molar-refractivity contribution >= 4 is 43.2 Å². The molecule has 156 valence electrons. The van der Waals surface area contributed by atoms with Crippen molar-refractivity contribution in [2.24, 2.45) is 0 Å². The minimum absolute atomic E-state index is 0.106. The highest BCUT2D eigenvalue weighted by Gasteiger charge is 2.27. The zero-order chi connectivity index (χ0) is 21.6. The van der Waals surface area contributed by atoms with Crippen LogP contribution in [-0.4, -0.2) is 27.5 Å². The first-order chi connectivity index (χ1) is 14.4. The molecule has 6 nitrogen and oxygen atoms in total. The number of hydrogen-bond acceptors (Lipinski definition) is 4. The van der Waals surface area contributed by atoms with E-state index >= 15 is 0 Å². The van der Waals surface area contributed by atoms with Crippen molar-refractivity contribution < 1.29 is 17.9 Å². The Morgan fingerprint density at radius 2 is 1.70 bits per heavy atom. The van der Waals surface area contributed by atoms with Crippen molar-refractivity contribution in [1.82, 2.24) is 0 Å². The number of carbonyl (C=O) groups excluding carboxylic acids is 1. The Bertz CT molecular complexity index is 1100. The van der Waals surface area contributed by atoms with Crippen LogP contribution in [0.5, 0.6) is 5.75 Å². The third-order valence-electron chi connectivity index (χ3n) is 4.16. The molecular weight excluding hydrogens is 468 g/mol. The number of carbonyl (C=O) groups is 1. The van der Waals surface area contributed by atoms with Gasteiger partial charge < -0.3 is 10.1 Å². The molecule has 0 atom stereocenters. The Balaban J connectivity index is 1.92. The highest BCUT2D eigenvalue weighted by Crippen LogP contribution is 2.26. The first-order valence-corrected chi connectivity index (χ1v) is 11.5. The standard InChI is InChI=1S/C22H21BrN2O4S/c1-2-29-20-13-11-19(12-14-20)25(30(27,28)21-9-4-3-5-10-21)16-22(26)24-18-8-6-7-17(23)15-18/h3-15H,2,16H2,1H3,(H,24,26). The molecule has 3 rings (SSSR count). The van der Waals surface area contributed by atoms with Crippen LogP contribution in [0.4, 0.5) is 11.4 Å². The molecule has 0 unspecified atom stereocenters. The van der Waals surface area contributed by atoms with E-state index in [1.54, 1.807) is 60.7 Å². The van der Waals surface area contributed by atoms with E-state index in [9.17, 15) is 13.2 Å². The predicted molar refractivity (Wildman–Crippen MR) is 121 cm³/mol. The maximum Gasteiger partial charge on any atom is 0.264 e. The second-order valence-corrected chi connectivity index (χ2v) is 9.09. The number of amides is 1. The molecule has 0 radical (unpaired) electrons. The molecule has 8 heteroatoms. The molecule has 0 spiro atoms. The van der Waals surface area contributed by atoms with Gasteiger partial charge in [0.1, 0.15) is 12.3 Å². The first kappa shape index (κ1) is 21.9. The van der Waals surface area contributed by atoms with Crippen molar-refractivity contribution in [3.05, 3.63) is 83.3 Å². The Morgan fingerprint density at radius 1 is 1.00 bits per heavy atom. The highest BCUT2D eigenvalue weighted by molar-refractivity contribution is 9.10. The molecule has 0 heterocycles. The summed E-state index contributed by atoms with van der Waals surface area (Å²) in [6.45, 7) is 1.99. The second kappa shape index (κ2) is 9.77. The number of ether oxygens (including phenoxy) is 1. The summed E-state index contributed by atoms with van der Waals surface area (Å²) in [6, 6.07) is 21.7. The van der Waals surface area contributed by atoms with Crippen LogP contribution in [0.1, 0.15) is 6.92 Å². The van der Waals surface area contributed by atoms with E-state index in [2.05, 4.69) is 21.2 Å². The van der Waals surface area contributed by atoms with Crippen LogP contribution in [0.3, 0.4) is 0 Å². The van der Waals surface area contributed by atoms with Crippen LogP contribution in [0, 0.1) is 0 Å². The van der Waals surface area contributed by atoms with E-state index in [4.69, 9.17) is 4.74 Å². The summed E-state index contributed by atoms with van der Waals surface area (Å²) in [5.41, 5.74) is 0.935. The van der Waals surface area contributed by atoms with E-state index in [0.29, 0.717) is 23.7 Å². The molecule has 3 aromatic carbocycles. The Kier molecular flexibility index (Phi) is 7.12. The topological polar surface area (TPSA) is 75.7 Å². The molecule has 0 aromatic heterocycles. The molecule has 0 aliphatic carbocycles. The van der Waals surface area contributed by atoms with Gasteiger partial charge in [-0.15, -0.1) is 0 Å². The number of nitrogens with zero attached hydrogens (tertiary/aromatic N) is 1. The van der Waals surface area contributed by atoms with Crippen LogP contribution >= 0.6 is 15.9 Å². The maximum atomic E-state index is 13.3. The lowest BCUT2D eigenvalue weighted by Crippen LogP contribution is -2.38. The van der Waals surface area contributed by atoms with Gasteiger partial charge in [0.15, 0.2) is 0 Å². The minimum atomic E-state index is -3.95. The van der Waals surface area contributed by atoms with Crippen LogP contribution in [0.2, 0.25) is 0 Å². The Labute approximate surface area is 184 Å². The van der Waals surface area contributed by atoms with Crippen molar-refractivity contribution in [2.45, 2.75) is 11.8 Å². The summed E-state index contributed by atoms with van der Waals surface area (Å²) in [5, 5.41) is 2.74. The zero-order valence-electron chi connectivity index (χ0n) is 16.3. The van der Waals surface area contributed by atoms with Gasteiger partial charge >= 0.3 is 0 Å². The zero-order valence-corrected chi connectivity index (χ0v) is 18.7. The van der Waals surface area contributed by atoms with E-state index < -0.39 is 15.9 Å². The fourth-order valence-corrected chi connectivity index (χ4v) is 4.65. The monoisotopic (exact) mass is 488 g/mol. The van der Waals surface area contributed by atoms with Gasteiger partial charge in [-0.2, -0.15) is 0 Å². The molecule has 30 heavy (non-hydrogen) atoms. The molecule has 0 fully saturated rings. The van der Waals surface area contributed by atoms with E-state index in [-0.39, 0.29) is 11.4 Å². The number of sulfonamides is 1. The fourth-order valence-electron chi connectivity index (χ4n) is 2.81. The number of rotatable bonds is 8. The molecule has 0 saturated carbocycles. The highest BCUT2D eigenvalue weighted by atomic mass is 79.9. The summed E-state index contributed by atoms with van der Waals surface area (Å²) in [7, 11) is -3.95. The van der Waals surface area contributed by atoms with Gasteiger partial charge in [-0.25, -0.2) is 8.42 Å². The second-order valence-electron chi connectivity index (χ2n) is 6.31. The van der Waals surface area contributed by atoms with Crippen molar-refractivity contribution in [2.75, 3.05) is 22.8 Å². The van der Waals surface area contributed by atoms with E-state index in [1.165, 1.54) is 12.1 Å². The summed E-state index contributed by atoms with van der Waals surface area (Å²) < 4.78 is 33.9. The van der Waals surface area contributed by atoms with Crippen LogP contribution < -0.4 is 14.4 Å². The number of hydrogen-bond donors (Lipinski definition) is 1. The molecule has 1 amide bonds. The third kappa shape index (κ3) is 5.40. The first-order valence-electron chi connectivity index (χ1n) is 9.26. The lowest BCUT2D eigenvalue weighted by molar-refractivity contribution is -0.114. The fraction of sp³-hybridized carbons (Fsp3) is 0.136. The lowest BCUT2D eigenvalue weighted by atomic mass is 10.3.